The van der Waals surface area contributed by atoms with Crippen molar-refractivity contribution in [1.29, 1.82) is 0 Å². The normalized spacial score (nSPS) is 30.3. The fourth-order valence-corrected chi connectivity index (χ4v) is 3.08. The maximum absolute atomic E-state index is 11.9. The third-order valence-electron chi connectivity index (χ3n) is 3.81. The lowest BCUT2D eigenvalue weighted by molar-refractivity contribution is -0.131. The molecule has 0 aromatic heterocycles. The van der Waals surface area contributed by atoms with Crippen LogP contribution in [0.3, 0.4) is 0 Å². The first-order valence-corrected chi connectivity index (χ1v) is 6.67. The molecular formula is C12H20ClNO. The van der Waals surface area contributed by atoms with Crippen molar-refractivity contribution in [2.24, 2.45) is 11.8 Å². The summed E-state index contributed by atoms with van der Waals surface area (Å²) < 4.78 is 0. The molecule has 2 rings (SSSR count). The van der Waals surface area contributed by atoms with Crippen LogP contribution in [0.4, 0.5) is 0 Å². The summed E-state index contributed by atoms with van der Waals surface area (Å²) in [6, 6.07) is 0. The molecule has 2 bridgehead atoms. The van der Waals surface area contributed by atoms with Gasteiger partial charge in [-0.25, -0.2) is 0 Å². The van der Waals surface area contributed by atoms with Crippen LogP contribution in [0.2, 0.25) is 0 Å². The largest absolute Gasteiger partial charge is 0.342 e. The Hall–Kier alpha value is -0.240. The van der Waals surface area contributed by atoms with Gasteiger partial charge in [0.1, 0.15) is 0 Å². The van der Waals surface area contributed by atoms with Gasteiger partial charge in [-0.2, -0.15) is 0 Å². The van der Waals surface area contributed by atoms with E-state index in [9.17, 15) is 4.79 Å². The van der Waals surface area contributed by atoms with E-state index in [4.69, 9.17) is 11.6 Å². The van der Waals surface area contributed by atoms with Gasteiger partial charge in [0.15, 0.2) is 0 Å². The molecule has 0 N–H and O–H groups in total. The Bertz CT molecular complexity index is 232. The molecule has 1 amide bonds. The van der Waals surface area contributed by atoms with Gasteiger partial charge in [-0.3, -0.25) is 4.79 Å². The summed E-state index contributed by atoms with van der Waals surface area (Å²) in [5.41, 5.74) is 0. The van der Waals surface area contributed by atoms with Crippen LogP contribution < -0.4 is 0 Å². The summed E-state index contributed by atoms with van der Waals surface area (Å²) >= 11 is 5.61. The summed E-state index contributed by atoms with van der Waals surface area (Å²) in [5, 5.41) is 0. The van der Waals surface area contributed by atoms with Crippen molar-refractivity contribution < 1.29 is 4.79 Å². The van der Waals surface area contributed by atoms with E-state index in [1.807, 2.05) is 0 Å². The SMILES string of the molecule is O=C(CCCCl)N1CCC2CCC(C2)C1. The fraction of sp³-hybridized carbons (Fsp3) is 0.917. The third-order valence-corrected chi connectivity index (χ3v) is 4.08. The van der Waals surface area contributed by atoms with Crippen molar-refractivity contribution in [3.8, 4) is 0 Å². The molecule has 1 saturated carbocycles. The average Bonchev–Trinajstić information content (AvgIpc) is 2.55. The van der Waals surface area contributed by atoms with Crippen LogP contribution in [0.5, 0.6) is 0 Å². The van der Waals surface area contributed by atoms with Crippen molar-refractivity contribution in [1.82, 2.24) is 4.90 Å². The highest BCUT2D eigenvalue weighted by Crippen LogP contribution is 2.36. The second kappa shape index (κ2) is 5.20. The standard InChI is InChI=1S/C12H20ClNO/c13-6-1-2-12(15)14-7-5-10-3-4-11(8-10)9-14/h10-11H,1-9H2. The van der Waals surface area contributed by atoms with E-state index < -0.39 is 0 Å². The highest BCUT2D eigenvalue weighted by atomic mass is 35.5. The number of fused-ring (bicyclic) bond motifs is 2. The minimum atomic E-state index is 0.322. The zero-order valence-corrected chi connectivity index (χ0v) is 10.0. The summed E-state index contributed by atoms with van der Waals surface area (Å²) in [4.78, 5) is 13.9. The minimum Gasteiger partial charge on any atom is -0.342 e. The average molecular weight is 230 g/mol. The molecule has 0 radical (unpaired) electrons. The van der Waals surface area contributed by atoms with Gasteiger partial charge in [-0.1, -0.05) is 6.42 Å². The molecule has 0 aromatic rings. The van der Waals surface area contributed by atoms with E-state index in [0.717, 1.165) is 31.3 Å². The molecule has 86 valence electrons. The predicted octanol–water partition coefficient (Wildman–Crippen LogP) is 2.65. The van der Waals surface area contributed by atoms with Crippen LogP contribution in [0.1, 0.15) is 38.5 Å². The Morgan fingerprint density at radius 3 is 2.87 bits per heavy atom. The Balaban J connectivity index is 1.84. The van der Waals surface area contributed by atoms with Crippen LogP contribution >= 0.6 is 11.6 Å². The number of carbonyl (C=O) groups excluding carboxylic acids is 1. The number of nitrogens with zero attached hydrogens (tertiary/aromatic N) is 1. The predicted molar refractivity (Wildman–Crippen MR) is 62.0 cm³/mol. The van der Waals surface area contributed by atoms with Crippen molar-refractivity contribution in [3.05, 3.63) is 0 Å². The number of amides is 1. The number of hydrogen-bond donors (Lipinski definition) is 0. The number of hydrogen-bond acceptors (Lipinski definition) is 1. The molecule has 0 aromatic carbocycles. The summed E-state index contributed by atoms with van der Waals surface area (Å²) in [6.07, 6.45) is 6.78. The maximum Gasteiger partial charge on any atom is 0.222 e. The molecule has 1 aliphatic carbocycles. The molecule has 1 heterocycles. The van der Waals surface area contributed by atoms with Gasteiger partial charge in [0.05, 0.1) is 0 Å². The quantitative estimate of drug-likeness (QED) is 0.682. The van der Waals surface area contributed by atoms with Gasteiger partial charge in [0.2, 0.25) is 5.91 Å². The maximum atomic E-state index is 11.9. The lowest BCUT2D eigenvalue weighted by Gasteiger charge is -2.24. The van der Waals surface area contributed by atoms with Crippen LogP contribution in [-0.2, 0) is 4.79 Å². The van der Waals surface area contributed by atoms with Crippen molar-refractivity contribution >= 4 is 17.5 Å². The molecule has 2 nitrogen and oxygen atoms in total. The molecule has 2 aliphatic rings. The summed E-state index contributed by atoms with van der Waals surface area (Å²) in [7, 11) is 0. The molecule has 2 fully saturated rings. The van der Waals surface area contributed by atoms with Gasteiger partial charge >= 0.3 is 0 Å². The Kier molecular flexibility index (Phi) is 3.90. The van der Waals surface area contributed by atoms with Crippen molar-refractivity contribution in [3.63, 3.8) is 0 Å². The first-order chi connectivity index (χ1) is 7.29. The molecule has 2 atom stereocenters. The topological polar surface area (TPSA) is 20.3 Å². The second-order valence-corrected chi connectivity index (χ2v) is 5.34. The van der Waals surface area contributed by atoms with Crippen molar-refractivity contribution in [2.75, 3.05) is 19.0 Å². The lowest BCUT2D eigenvalue weighted by Crippen LogP contribution is -2.35. The second-order valence-electron chi connectivity index (χ2n) is 4.97. The van der Waals surface area contributed by atoms with Crippen LogP contribution in [0.15, 0.2) is 0 Å². The molecule has 1 aliphatic heterocycles. The molecule has 15 heavy (non-hydrogen) atoms. The molecular weight excluding hydrogens is 210 g/mol. The molecule has 3 heteroatoms. The number of carbonyl (C=O) groups is 1. The van der Waals surface area contributed by atoms with Gasteiger partial charge < -0.3 is 4.90 Å². The smallest absolute Gasteiger partial charge is 0.222 e. The van der Waals surface area contributed by atoms with E-state index in [2.05, 4.69) is 4.90 Å². The first kappa shape index (κ1) is 11.3. The Labute approximate surface area is 97.0 Å². The highest BCUT2D eigenvalue weighted by molar-refractivity contribution is 6.17. The molecule has 0 spiro atoms. The molecule has 2 unspecified atom stereocenters. The Morgan fingerprint density at radius 1 is 1.27 bits per heavy atom. The third kappa shape index (κ3) is 2.87. The summed E-state index contributed by atoms with van der Waals surface area (Å²) in [5.74, 6) is 2.62. The van der Waals surface area contributed by atoms with Crippen LogP contribution in [0, 0.1) is 11.8 Å². The first-order valence-electron chi connectivity index (χ1n) is 6.13. The van der Waals surface area contributed by atoms with Crippen LogP contribution in [-0.4, -0.2) is 29.8 Å². The van der Waals surface area contributed by atoms with E-state index in [1.54, 1.807) is 0 Å². The highest BCUT2D eigenvalue weighted by Gasteiger charge is 2.31. The zero-order chi connectivity index (χ0) is 10.7. The molecule has 1 saturated heterocycles. The van der Waals surface area contributed by atoms with Gasteiger partial charge in [0, 0.05) is 25.4 Å². The Morgan fingerprint density at radius 2 is 2.07 bits per heavy atom. The van der Waals surface area contributed by atoms with Gasteiger partial charge in [0.25, 0.3) is 0 Å². The van der Waals surface area contributed by atoms with Crippen molar-refractivity contribution in [2.45, 2.75) is 38.5 Å². The lowest BCUT2D eigenvalue weighted by atomic mass is 10.0. The van der Waals surface area contributed by atoms with Gasteiger partial charge in [-0.05, 0) is 37.5 Å². The minimum absolute atomic E-state index is 0.322. The monoisotopic (exact) mass is 229 g/mol. The van der Waals surface area contributed by atoms with E-state index in [0.29, 0.717) is 18.2 Å². The van der Waals surface area contributed by atoms with E-state index in [1.165, 1.54) is 25.7 Å². The summed E-state index contributed by atoms with van der Waals surface area (Å²) in [6.45, 7) is 2.00. The van der Waals surface area contributed by atoms with Crippen LogP contribution in [0.25, 0.3) is 0 Å². The van der Waals surface area contributed by atoms with Gasteiger partial charge in [-0.15, -0.1) is 11.6 Å². The fourth-order valence-electron chi connectivity index (χ4n) is 2.95. The number of halogens is 1. The van der Waals surface area contributed by atoms with E-state index >= 15 is 0 Å². The number of rotatable bonds is 3. The number of likely N-dealkylation sites (tertiary alicyclic amines) is 1. The van der Waals surface area contributed by atoms with E-state index in [-0.39, 0.29) is 0 Å². The number of alkyl halides is 1. The zero-order valence-electron chi connectivity index (χ0n) is 9.25.